The molecule has 0 aromatic heterocycles. The maximum absolute atomic E-state index is 12.5. The Labute approximate surface area is 298 Å². The molecule has 0 rings (SSSR count). The molecule has 0 amide bonds. The fraction of sp³-hybridized carbons (Fsp3) is 0.929. The second-order valence-corrected chi connectivity index (χ2v) is 15.0. The largest absolute Gasteiger partial charge is 0.462 e. The predicted molar refractivity (Wildman–Crippen MR) is 201 cm³/mol. The summed E-state index contributed by atoms with van der Waals surface area (Å²) >= 11 is 0. The van der Waals surface area contributed by atoms with Gasteiger partial charge >= 0.3 is 17.9 Å². The van der Waals surface area contributed by atoms with Crippen molar-refractivity contribution in [2.24, 2.45) is 11.8 Å². The minimum absolute atomic E-state index is 0.0672. The molecule has 0 aliphatic carbocycles. The van der Waals surface area contributed by atoms with E-state index in [1.54, 1.807) is 0 Å². The van der Waals surface area contributed by atoms with Gasteiger partial charge in [0.1, 0.15) is 13.2 Å². The van der Waals surface area contributed by atoms with E-state index in [1.807, 2.05) is 0 Å². The summed E-state index contributed by atoms with van der Waals surface area (Å²) < 4.78 is 16.5. The quantitative estimate of drug-likeness (QED) is 0.0372. The highest BCUT2D eigenvalue weighted by Gasteiger charge is 2.19. The minimum atomic E-state index is -0.758. The molecule has 0 saturated carbocycles. The average Bonchev–Trinajstić information content (AvgIpc) is 3.06. The highest BCUT2D eigenvalue weighted by atomic mass is 16.6. The van der Waals surface area contributed by atoms with E-state index < -0.39 is 6.10 Å². The molecule has 0 N–H and O–H groups in total. The minimum Gasteiger partial charge on any atom is -0.462 e. The number of carbonyl (C=O) groups excluding carboxylic acids is 3. The van der Waals surface area contributed by atoms with Crippen LogP contribution in [0.15, 0.2) is 0 Å². The molecule has 0 aromatic rings. The first kappa shape index (κ1) is 46.4. The van der Waals surface area contributed by atoms with E-state index in [2.05, 4.69) is 34.6 Å². The summed E-state index contributed by atoms with van der Waals surface area (Å²) in [6.45, 7) is 11.2. The smallest absolute Gasteiger partial charge is 0.306 e. The number of esters is 3. The first-order valence-corrected chi connectivity index (χ1v) is 20.8. The molecule has 0 aliphatic heterocycles. The third-order valence-corrected chi connectivity index (χ3v) is 9.58. The van der Waals surface area contributed by atoms with Crippen molar-refractivity contribution in [3.05, 3.63) is 0 Å². The average molecular weight is 681 g/mol. The van der Waals surface area contributed by atoms with Crippen molar-refractivity contribution in [1.82, 2.24) is 0 Å². The molecule has 0 radical (unpaired) electrons. The Morgan fingerprint density at radius 1 is 0.438 bits per heavy atom. The van der Waals surface area contributed by atoms with Crippen molar-refractivity contribution < 1.29 is 28.6 Å². The molecule has 0 bridgehead atoms. The van der Waals surface area contributed by atoms with Crippen LogP contribution in [0.3, 0.4) is 0 Å². The van der Waals surface area contributed by atoms with Gasteiger partial charge in [-0.2, -0.15) is 0 Å². The van der Waals surface area contributed by atoms with Crippen molar-refractivity contribution in [2.45, 2.75) is 227 Å². The Morgan fingerprint density at radius 2 is 0.792 bits per heavy atom. The van der Waals surface area contributed by atoms with Crippen molar-refractivity contribution in [2.75, 3.05) is 13.2 Å². The molecule has 0 aliphatic rings. The molecule has 0 aromatic carbocycles. The molecular formula is C42H80O6. The number of rotatable bonds is 36. The second kappa shape index (κ2) is 35.2. The molecule has 284 valence electrons. The number of hydrogen-bond acceptors (Lipinski definition) is 6. The van der Waals surface area contributed by atoms with Gasteiger partial charge in [0.2, 0.25) is 0 Å². The molecule has 0 spiro atoms. The molecule has 2 atom stereocenters. The number of ether oxygens (including phenoxy) is 3. The Morgan fingerprint density at radius 3 is 1.19 bits per heavy atom. The van der Waals surface area contributed by atoms with E-state index in [4.69, 9.17) is 14.2 Å². The molecule has 6 heteroatoms. The van der Waals surface area contributed by atoms with E-state index in [1.165, 1.54) is 103 Å². The van der Waals surface area contributed by atoms with Crippen LogP contribution in [0.1, 0.15) is 221 Å². The lowest BCUT2D eigenvalue weighted by atomic mass is 9.99. The normalized spacial score (nSPS) is 12.6. The summed E-state index contributed by atoms with van der Waals surface area (Å²) in [4.78, 5) is 37.3. The van der Waals surface area contributed by atoms with Gasteiger partial charge < -0.3 is 14.2 Å². The SMILES string of the molecule is CCCCCCCC(=O)O[C@@H](COC(=O)CCCCCCCCCCCCC(C)C)COC(=O)CCCCCCCCCCC(C)CC. The summed E-state index contributed by atoms with van der Waals surface area (Å²) in [5.41, 5.74) is 0. The van der Waals surface area contributed by atoms with Gasteiger partial charge in [-0.25, -0.2) is 0 Å². The van der Waals surface area contributed by atoms with E-state index in [-0.39, 0.29) is 31.1 Å². The molecule has 1 unspecified atom stereocenters. The van der Waals surface area contributed by atoms with Crippen molar-refractivity contribution in [3.63, 3.8) is 0 Å². The highest BCUT2D eigenvalue weighted by molar-refractivity contribution is 5.71. The molecular weight excluding hydrogens is 600 g/mol. The van der Waals surface area contributed by atoms with Crippen LogP contribution in [0.5, 0.6) is 0 Å². The van der Waals surface area contributed by atoms with E-state index in [9.17, 15) is 14.4 Å². The lowest BCUT2D eigenvalue weighted by Crippen LogP contribution is -2.30. The number of hydrogen-bond donors (Lipinski definition) is 0. The number of carbonyl (C=O) groups is 3. The molecule has 0 heterocycles. The Bertz CT molecular complexity index is 736. The monoisotopic (exact) mass is 681 g/mol. The maximum Gasteiger partial charge on any atom is 0.306 e. The molecule has 6 nitrogen and oxygen atoms in total. The van der Waals surface area contributed by atoms with Gasteiger partial charge in [0.05, 0.1) is 0 Å². The van der Waals surface area contributed by atoms with Gasteiger partial charge in [-0.3, -0.25) is 14.4 Å². The first-order valence-electron chi connectivity index (χ1n) is 20.8. The van der Waals surface area contributed by atoms with E-state index in [0.717, 1.165) is 76.0 Å². The molecule has 0 saturated heterocycles. The third-order valence-electron chi connectivity index (χ3n) is 9.58. The lowest BCUT2D eigenvalue weighted by Gasteiger charge is -2.18. The maximum atomic E-state index is 12.5. The van der Waals surface area contributed by atoms with Crippen molar-refractivity contribution in [1.29, 1.82) is 0 Å². The van der Waals surface area contributed by atoms with Crippen LogP contribution in [0.4, 0.5) is 0 Å². The summed E-state index contributed by atoms with van der Waals surface area (Å²) in [5, 5.41) is 0. The number of unbranched alkanes of at least 4 members (excludes halogenated alkanes) is 20. The van der Waals surface area contributed by atoms with E-state index in [0.29, 0.717) is 19.3 Å². The fourth-order valence-corrected chi connectivity index (χ4v) is 6.01. The Balaban J connectivity index is 4.21. The zero-order valence-corrected chi connectivity index (χ0v) is 32.6. The van der Waals surface area contributed by atoms with Gasteiger partial charge in [-0.1, -0.05) is 182 Å². The van der Waals surface area contributed by atoms with Crippen LogP contribution in [-0.2, 0) is 28.6 Å². The third kappa shape index (κ3) is 34.3. The summed E-state index contributed by atoms with van der Waals surface area (Å²) in [5.74, 6) is 0.788. The highest BCUT2D eigenvalue weighted by Crippen LogP contribution is 2.16. The Kier molecular flexibility index (Phi) is 34.1. The topological polar surface area (TPSA) is 78.9 Å². The van der Waals surface area contributed by atoms with Gasteiger partial charge in [0.15, 0.2) is 6.10 Å². The second-order valence-electron chi connectivity index (χ2n) is 15.0. The zero-order valence-electron chi connectivity index (χ0n) is 32.6. The summed E-state index contributed by atoms with van der Waals surface area (Å²) in [6.07, 6.45) is 31.1. The van der Waals surface area contributed by atoms with Crippen molar-refractivity contribution >= 4 is 17.9 Å². The van der Waals surface area contributed by atoms with Gasteiger partial charge in [-0.15, -0.1) is 0 Å². The summed E-state index contributed by atoms with van der Waals surface area (Å²) in [7, 11) is 0. The predicted octanol–water partition coefficient (Wildman–Crippen LogP) is 12.6. The first-order chi connectivity index (χ1) is 23.3. The van der Waals surface area contributed by atoms with Crippen LogP contribution < -0.4 is 0 Å². The summed E-state index contributed by atoms with van der Waals surface area (Å²) in [6, 6.07) is 0. The fourth-order valence-electron chi connectivity index (χ4n) is 6.01. The zero-order chi connectivity index (χ0) is 35.5. The van der Waals surface area contributed by atoms with Crippen LogP contribution >= 0.6 is 0 Å². The molecule has 0 fully saturated rings. The van der Waals surface area contributed by atoms with Crippen LogP contribution in [0, 0.1) is 11.8 Å². The molecule has 48 heavy (non-hydrogen) atoms. The van der Waals surface area contributed by atoms with Crippen LogP contribution in [0.2, 0.25) is 0 Å². The standard InChI is InChI=1S/C42H80O6/c1-6-8-9-20-29-34-42(45)48-39(36-47-41(44)33-28-24-19-15-14-17-22-26-31-38(5)7-2)35-46-40(43)32-27-23-18-13-11-10-12-16-21-25-30-37(3)4/h37-39H,6-36H2,1-5H3/t38?,39-/m0/s1. The van der Waals surface area contributed by atoms with Gasteiger partial charge in [0, 0.05) is 19.3 Å². The Hall–Kier alpha value is -1.59. The van der Waals surface area contributed by atoms with Crippen molar-refractivity contribution in [3.8, 4) is 0 Å². The lowest BCUT2D eigenvalue weighted by molar-refractivity contribution is -0.167. The van der Waals surface area contributed by atoms with Gasteiger partial charge in [-0.05, 0) is 31.1 Å². The van der Waals surface area contributed by atoms with Crippen LogP contribution in [0.25, 0.3) is 0 Å². The van der Waals surface area contributed by atoms with Crippen LogP contribution in [-0.4, -0.2) is 37.2 Å². The van der Waals surface area contributed by atoms with E-state index >= 15 is 0 Å². The van der Waals surface area contributed by atoms with Gasteiger partial charge in [0.25, 0.3) is 0 Å².